The summed E-state index contributed by atoms with van der Waals surface area (Å²) in [6, 6.07) is 4.73. The van der Waals surface area contributed by atoms with Gasteiger partial charge in [0, 0.05) is 30.0 Å². The van der Waals surface area contributed by atoms with E-state index >= 15 is 0 Å². The van der Waals surface area contributed by atoms with Crippen LogP contribution in [0.3, 0.4) is 0 Å². The first kappa shape index (κ1) is 16.7. The number of Topliss-reactive ketones (excluding diaryl/α,β-unsaturated/α-hetero) is 1. The van der Waals surface area contributed by atoms with Gasteiger partial charge in [0.15, 0.2) is 5.78 Å². The maximum Gasteiger partial charge on any atom is 0.416 e. The molecule has 1 aliphatic heterocycles. The molecule has 0 bridgehead atoms. The number of carbonyl (C=O) groups excluding carboxylic acids is 2. The molecule has 1 amide bonds. The van der Waals surface area contributed by atoms with Gasteiger partial charge in [-0.25, -0.2) is 0 Å². The smallest absolute Gasteiger partial charge is 0.329 e. The fourth-order valence-electron chi connectivity index (χ4n) is 3.55. The Morgan fingerprint density at radius 3 is 2.29 bits per heavy atom. The molecule has 24 heavy (non-hydrogen) atoms. The van der Waals surface area contributed by atoms with Crippen molar-refractivity contribution in [1.29, 1.82) is 0 Å². The van der Waals surface area contributed by atoms with Crippen LogP contribution in [0.15, 0.2) is 35.5 Å². The van der Waals surface area contributed by atoms with Crippen molar-refractivity contribution < 1.29 is 22.8 Å². The summed E-state index contributed by atoms with van der Waals surface area (Å²) in [4.78, 5) is 24.6. The lowest BCUT2D eigenvalue weighted by atomic mass is 9.70. The Labute approximate surface area is 137 Å². The molecule has 128 valence electrons. The molecule has 2 aliphatic rings. The van der Waals surface area contributed by atoms with Crippen molar-refractivity contribution in [2.45, 2.75) is 45.2 Å². The van der Waals surface area contributed by atoms with Gasteiger partial charge in [0.1, 0.15) is 0 Å². The van der Waals surface area contributed by atoms with Crippen LogP contribution in [0.2, 0.25) is 0 Å². The highest BCUT2D eigenvalue weighted by Crippen LogP contribution is 2.44. The van der Waals surface area contributed by atoms with E-state index in [2.05, 4.69) is 5.32 Å². The van der Waals surface area contributed by atoms with Gasteiger partial charge in [-0.3, -0.25) is 9.59 Å². The third-order valence-corrected chi connectivity index (χ3v) is 4.59. The van der Waals surface area contributed by atoms with E-state index in [9.17, 15) is 22.8 Å². The van der Waals surface area contributed by atoms with Crippen molar-refractivity contribution in [2.24, 2.45) is 5.41 Å². The molecule has 3 rings (SSSR count). The summed E-state index contributed by atoms with van der Waals surface area (Å²) in [5.41, 5.74) is 0.770. The van der Waals surface area contributed by atoms with E-state index in [1.165, 1.54) is 12.1 Å². The maximum atomic E-state index is 12.7. The van der Waals surface area contributed by atoms with Gasteiger partial charge in [-0.1, -0.05) is 26.0 Å². The van der Waals surface area contributed by atoms with Crippen molar-refractivity contribution >= 4 is 11.7 Å². The second-order valence-electron chi connectivity index (χ2n) is 7.26. The normalized spacial score (nSPS) is 23.8. The predicted octanol–water partition coefficient (Wildman–Crippen LogP) is 3.95. The molecule has 6 heteroatoms. The van der Waals surface area contributed by atoms with Gasteiger partial charge in [0.2, 0.25) is 5.91 Å². The molecule has 0 unspecified atom stereocenters. The third-order valence-electron chi connectivity index (χ3n) is 4.59. The summed E-state index contributed by atoms with van der Waals surface area (Å²) in [6.07, 6.45) is -3.37. The first-order valence-electron chi connectivity index (χ1n) is 7.80. The number of rotatable bonds is 1. The van der Waals surface area contributed by atoms with E-state index < -0.39 is 17.7 Å². The van der Waals surface area contributed by atoms with Gasteiger partial charge in [0.05, 0.1) is 5.56 Å². The molecule has 0 saturated heterocycles. The number of hydrogen-bond acceptors (Lipinski definition) is 2. The Morgan fingerprint density at radius 2 is 1.71 bits per heavy atom. The maximum absolute atomic E-state index is 12.7. The summed E-state index contributed by atoms with van der Waals surface area (Å²) in [6.45, 7) is 3.92. The number of halogens is 3. The number of amides is 1. The average molecular weight is 337 g/mol. The quantitative estimate of drug-likeness (QED) is 0.843. The summed E-state index contributed by atoms with van der Waals surface area (Å²) in [5.74, 6) is -0.713. The summed E-state index contributed by atoms with van der Waals surface area (Å²) in [5, 5.41) is 2.78. The highest BCUT2D eigenvalue weighted by Gasteiger charge is 2.40. The number of benzene rings is 1. The molecule has 1 aromatic rings. The molecule has 0 fully saturated rings. The number of alkyl halides is 3. The van der Waals surface area contributed by atoms with E-state index in [0.29, 0.717) is 29.7 Å². The first-order valence-corrected chi connectivity index (χ1v) is 7.80. The van der Waals surface area contributed by atoms with Crippen molar-refractivity contribution in [3.63, 3.8) is 0 Å². The fourth-order valence-corrected chi connectivity index (χ4v) is 3.55. The zero-order chi connectivity index (χ0) is 17.7. The van der Waals surface area contributed by atoms with Crippen molar-refractivity contribution in [1.82, 2.24) is 5.32 Å². The van der Waals surface area contributed by atoms with Crippen LogP contribution in [0.1, 0.15) is 50.2 Å². The topological polar surface area (TPSA) is 46.2 Å². The molecule has 1 atom stereocenters. The Balaban J connectivity index is 2.00. The molecular weight excluding hydrogens is 319 g/mol. The van der Waals surface area contributed by atoms with Gasteiger partial charge >= 0.3 is 6.18 Å². The second kappa shape index (κ2) is 5.46. The fraction of sp³-hybridized carbons (Fsp3) is 0.444. The van der Waals surface area contributed by atoms with Gasteiger partial charge in [-0.15, -0.1) is 0 Å². The van der Waals surface area contributed by atoms with Gasteiger partial charge < -0.3 is 5.32 Å². The van der Waals surface area contributed by atoms with E-state index in [0.717, 1.165) is 12.1 Å². The highest BCUT2D eigenvalue weighted by atomic mass is 19.4. The minimum absolute atomic E-state index is 0.0360. The number of nitrogens with one attached hydrogen (secondary N) is 1. The summed E-state index contributed by atoms with van der Waals surface area (Å²) < 4.78 is 38.1. The van der Waals surface area contributed by atoms with Crippen LogP contribution in [-0.4, -0.2) is 11.7 Å². The van der Waals surface area contributed by atoms with E-state index in [-0.39, 0.29) is 23.5 Å². The molecular formula is C18H18F3NO2. The molecule has 1 aliphatic carbocycles. The Kier molecular flexibility index (Phi) is 3.81. The lowest BCUT2D eigenvalue weighted by Crippen LogP contribution is -2.40. The highest BCUT2D eigenvalue weighted by molar-refractivity contribution is 6.02. The molecule has 0 aromatic heterocycles. The largest absolute Gasteiger partial charge is 0.416 e. The van der Waals surface area contributed by atoms with Gasteiger partial charge in [-0.2, -0.15) is 13.2 Å². The standard InChI is InChI=1S/C18H18F3NO2/c1-17(2)8-13-16(14(23)9-17)12(7-15(24)22-13)10-3-5-11(6-4-10)18(19,20)21/h3-6,12H,7-9H2,1-2H3,(H,22,24)/t12-/m1/s1. The van der Waals surface area contributed by atoms with Crippen molar-refractivity contribution in [2.75, 3.05) is 0 Å². The third kappa shape index (κ3) is 3.09. The van der Waals surface area contributed by atoms with E-state index in [1.807, 2.05) is 13.8 Å². The first-order chi connectivity index (χ1) is 11.1. The molecule has 0 spiro atoms. The van der Waals surface area contributed by atoms with Crippen LogP contribution in [0.4, 0.5) is 13.2 Å². The van der Waals surface area contributed by atoms with Crippen molar-refractivity contribution in [3.8, 4) is 0 Å². The summed E-state index contributed by atoms with van der Waals surface area (Å²) >= 11 is 0. The van der Waals surface area contributed by atoms with Crippen LogP contribution >= 0.6 is 0 Å². The zero-order valence-corrected chi connectivity index (χ0v) is 13.5. The molecule has 0 radical (unpaired) electrons. The second-order valence-corrected chi connectivity index (χ2v) is 7.26. The minimum Gasteiger partial charge on any atom is -0.329 e. The molecule has 1 aromatic carbocycles. The molecule has 0 saturated carbocycles. The Bertz CT molecular complexity index is 730. The molecule has 1 heterocycles. The van der Waals surface area contributed by atoms with Gasteiger partial charge in [-0.05, 0) is 29.5 Å². The molecule has 1 N–H and O–H groups in total. The van der Waals surface area contributed by atoms with Crippen LogP contribution in [-0.2, 0) is 15.8 Å². The zero-order valence-electron chi connectivity index (χ0n) is 13.5. The number of carbonyl (C=O) groups is 2. The number of hydrogen-bond donors (Lipinski definition) is 1. The monoisotopic (exact) mass is 337 g/mol. The Morgan fingerprint density at radius 1 is 1.08 bits per heavy atom. The number of allylic oxidation sites excluding steroid dienone is 2. The molecule has 3 nitrogen and oxygen atoms in total. The lowest BCUT2D eigenvalue weighted by Gasteiger charge is -2.37. The van der Waals surface area contributed by atoms with Crippen LogP contribution < -0.4 is 5.32 Å². The minimum atomic E-state index is -4.41. The lowest BCUT2D eigenvalue weighted by molar-refractivity contribution is -0.137. The Hall–Kier alpha value is -2.11. The number of ketones is 1. The van der Waals surface area contributed by atoms with Crippen LogP contribution in [0, 0.1) is 5.41 Å². The van der Waals surface area contributed by atoms with E-state index in [1.54, 1.807) is 0 Å². The van der Waals surface area contributed by atoms with Gasteiger partial charge in [0.25, 0.3) is 0 Å². The van der Waals surface area contributed by atoms with E-state index in [4.69, 9.17) is 0 Å². The van der Waals surface area contributed by atoms with Crippen LogP contribution in [0.25, 0.3) is 0 Å². The van der Waals surface area contributed by atoms with Crippen molar-refractivity contribution in [3.05, 3.63) is 46.7 Å². The SMILES string of the molecule is CC1(C)CC(=O)C2=C(C1)NC(=O)C[C@@H]2c1ccc(C(F)(F)F)cc1. The van der Waals surface area contributed by atoms with Crippen LogP contribution in [0.5, 0.6) is 0 Å². The average Bonchev–Trinajstić information content (AvgIpc) is 2.43. The predicted molar refractivity (Wildman–Crippen MR) is 82.0 cm³/mol. The summed E-state index contributed by atoms with van der Waals surface area (Å²) in [7, 11) is 0.